The average molecular weight is 351 g/mol. The van der Waals surface area contributed by atoms with Crippen molar-refractivity contribution in [3.05, 3.63) is 16.7 Å². The average Bonchev–Trinajstić information content (AvgIpc) is 2.94. The molecule has 5 N–H and O–H groups in total. The molecule has 0 fully saturated rings. The Balaban J connectivity index is 2.20. The van der Waals surface area contributed by atoms with Gasteiger partial charge in [0.1, 0.15) is 12.0 Å². The molecule has 0 amide bonds. The molecular formula is C15H25N7O3. The molecule has 0 saturated heterocycles. The van der Waals surface area contributed by atoms with Crippen molar-refractivity contribution < 1.29 is 9.90 Å². The molecule has 10 nitrogen and oxygen atoms in total. The Morgan fingerprint density at radius 3 is 2.88 bits per heavy atom. The third-order valence-corrected chi connectivity index (χ3v) is 3.93. The summed E-state index contributed by atoms with van der Waals surface area (Å²) in [5.41, 5.74) is 5.59. The van der Waals surface area contributed by atoms with Gasteiger partial charge in [0.05, 0.1) is 19.4 Å². The molecule has 0 aliphatic carbocycles. The zero-order valence-corrected chi connectivity index (χ0v) is 14.7. The molecular weight excluding hydrogens is 326 g/mol. The highest BCUT2D eigenvalue weighted by atomic mass is 16.3. The number of aromatic amines is 1. The fraction of sp³-hybridized carbons (Fsp3) is 0.600. The lowest BCUT2D eigenvalue weighted by atomic mass is 10.1. The monoisotopic (exact) mass is 351 g/mol. The van der Waals surface area contributed by atoms with E-state index in [1.807, 2.05) is 13.8 Å². The highest BCUT2D eigenvalue weighted by molar-refractivity contribution is 5.82. The van der Waals surface area contributed by atoms with Crippen LogP contribution in [0.3, 0.4) is 0 Å². The van der Waals surface area contributed by atoms with Gasteiger partial charge >= 0.3 is 0 Å². The zero-order valence-electron chi connectivity index (χ0n) is 14.7. The number of aliphatic hydroxyl groups is 1. The number of aliphatic hydroxyl groups excluding tert-OH is 1. The summed E-state index contributed by atoms with van der Waals surface area (Å²) in [6.45, 7) is 5.03. The van der Waals surface area contributed by atoms with Crippen molar-refractivity contribution >= 4 is 22.9 Å². The van der Waals surface area contributed by atoms with Crippen molar-refractivity contribution in [3.63, 3.8) is 0 Å². The predicted molar refractivity (Wildman–Crippen MR) is 93.9 cm³/mol. The standard InChI is InChI=1S/C15H25N7O3/c1-9(2)10(23)6-21(5-4-17-3)11(24)7-22-8-18-12-13(22)19-15(16)20-14(12)25/h8-9,11,17,24H,4-7H2,1-3H3,(H3,16,19,20,25). The Hall–Kier alpha value is -2.30. The first-order chi connectivity index (χ1) is 11.8. The second kappa shape index (κ2) is 8.19. The number of Topliss-reactive ketones (excluding diaryl/α,β-unsaturated/α-hetero) is 1. The van der Waals surface area contributed by atoms with E-state index in [1.54, 1.807) is 16.5 Å². The topological polar surface area (TPSA) is 142 Å². The van der Waals surface area contributed by atoms with Crippen LogP contribution in [0.4, 0.5) is 5.95 Å². The van der Waals surface area contributed by atoms with E-state index in [0.29, 0.717) is 18.7 Å². The summed E-state index contributed by atoms with van der Waals surface area (Å²) in [5.74, 6) is -0.0846. The summed E-state index contributed by atoms with van der Waals surface area (Å²) < 4.78 is 1.55. The third-order valence-electron chi connectivity index (χ3n) is 3.93. The molecule has 0 aliphatic heterocycles. The molecule has 0 radical (unpaired) electrons. The summed E-state index contributed by atoms with van der Waals surface area (Å²) in [7, 11) is 1.80. The number of hydrogen-bond donors (Lipinski definition) is 4. The third kappa shape index (κ3) is 4.62. The highest BCUT2D eigenvalue weighted by Crippen LogP contribution is 2.10. The number of aromatic nitrogens is 4. The number of imidazole rings is 1. The Morgan fingerprint density at radius 1 is 1.52 bits per heavy atom. The Bertz CT molecular complexity index is 783. The first kappa shape index (κ1) is 19.0. The fourth-order valence-corrected chi connectivity index (χ4v) is 2.37. The summed E-state index contributed by atoms with van der Waals surface area (Å²) in [4.78, 5) is 36.0. The summed E-state index contributed by atoms with van der Waals surface area (Å²) in [5, 5.41) is 13.6. The molecule has 2 aromatic heterocycles. The number of H-pyrrole nitrogens is 1. The minimum absolute atomic E-state index is 0.0178. The zero-order chi connectivity index (χ0) is 18.6. The number of likely N-dealkylation sites (N-methyl/N-ethyl adjacent to an activating group) is 1. The molecule has 2 aromatic rings. The van der Waals surface area contributed by atoms with Gasteiger partial charge in [0.25, 0.3) is 5.56 Å². The lowest BCUT2D eigenvalue weighted by Gasteiger charge is -2.28. The first-order valence-corrected chi connectivity index (χ1v) is 8.13. The van der Waals surface area contributed by atoms with Crippen molar-refractivity contribution in [2.24, 2.45) is 5.92 Å². The molecule has 0 saturated carbocycles. The first-order valence-electron chi connectivity index (χ1n) is 8.13. The van der Waals surface area contributed by atoms with E-state index in [4.69, 9.17) is 5.73 Å². The van der Waals surface area contributed by atoms with Gasteiger partial charge < -0.3 is 20.7 Å². The second-order valence-electron chi connectivity index (χ2n) is 6.20. The van der Waals surface area contributed by atoms with Crippen molar-refractivity contribution in [1.82, 2.24) is 29.7 Å². The summed E-state index contributed by atoms with van der Waals surface area (Å²) >= 11 is 0. The van der Waals surface area contributed by atoms with Crippen LogP contribution in [0.2, 0.25) is 0 Å². The van der Waals surface area contributed by atoms with Crippen molar-refractivity contribution in [3.8, 4) is 0 Å². The second-order valence-corrected chi connectivity index (χ2v) is 6.20. The van der Waals surface area contributed by atoms with Crippen molar-refractivity contribution in [2.75, 3.05) is 32.4 Å². The van der Waals surface area contributed by atoms with Crippen LogP contribution in [0.5, 0.6) is 0 Å². The largest absolute Gasteiger partial charge is 0.376 e. The molecule has 25 heavy (non-hydrogen) atoms. The number of fused-ring (bicyclic) bond motifs is 1. The van der Waals surface area contributed by atoms with E-state index in [0.717, 1.165) is 0 Å². The maximum atomic E-state index is 12.1. The van der Waals surface area contributed by atoms with Crippen LogP contribution in [0.1, 0.15) is 13.8 Å². The number of hydrogen-bond acceptors (Lipinski definition) is 8. The number of carbonyl (C=O) groups is 1. The van der Waals surface area contributed by atoms with Gasteiger partial charge in [-0.25, -0.2) is 4.98 Å². The fourth-order valence-electron chi connectivity index (χ4n) is 2.37. The van der Waals surface area contributed by atoms with Crippen molar-refractivity contribution in [1.29, 1.82) is 0 Å². The van der Waals surface area contributed by atoms with E-state index in [-0.39, 0.29) is 36.3 Å². The number of carbonyl (C=O) groups excluding carboxylic acids is 1. The summed E-state index contributed by atoms with van der Waals surface area (Å²) in [6, 6.07) is 0. The van der Waals surface area contributed by atoms with Crippen molar-refractivity contribution in [2.45, 2.75) is 26.6 Å². The van der Waals surface area contributed by atoms with Crippen LogP contribution in [0.25, 0.3) is 11.2 Å². The van der Waals surface area contributed by atoms with Gasteiger partial charge in [-0.05, 0) is 7.05 Å². The normalized spacial score (nSPS) is 13.0. The number of rotatable bonds is 9. The van der Waals surface area contributed by atoms with E-state index < -0.39 is 11.8 Å². The SMILES string of the molecule is CNCCN(CC(=O)C(C)C)C(O)Cn1cnc2c(=O)[nH]c(N)nc21. The molecule has 0 aliphatic rings. The molecule has 138 valence electrons. The van der Waals surface area contributed by atoms with E-state index in [1.165, 1.54) is 6.33 Å². The molecule has 0 spiro atoms. The number of nitrogens with one attached hydrogen (secondary N) is 2. The predicted octanol–water partition coefficient (Wildman–Crippen LogP) is -1.23. The Labute approximate surface area is 145 Å². The van der Waals surface area contributed by atoms with Gasteiger partial charge in [0.15, 0.2) is 11.2 Å². The quantitative estimate of drug-likeness (QED) is 0.411. The minimum atomic E-state index is -0.934. The minimum Gasteiger partial charge on any atom is -0.376 e. The Morgan fingerprint density at radius 2 is 2.24 bits per heavy atom. The number of anilines is 1. The lowest BCUT2D eigenvalue weighted by Crippen LogP contribution is -2.45. The van der Waals surface area contributed by atoms with E-state index in [2.05, 4.69) is 20.3 Å². The number of ketones is 1. The van der Waals surface area contributed by atoms with Gasteiger partial charge in [-0.3, -0.25) is 19.5 Å². The maximum Gasteiger partial charge on any atom is 0.280 e. The van der Waals surface area contributed by atoms with Gasteiger partial charge in [-0.1, -0.05) is 13.8 Å². The smallest absolute Gasteiger partial charge is 0.280 e. The summed E-state index contributed by atoms with van der Waals surface area (Å²) in [6.07, 6.45) is 0.492. The van der Waals surface area contributed by atoms with Crippen LogP contribution in [-0.2, 0) is 11.3 Å². The Kier molecular flexibility index (Phi) is 6.23. The number of nitrogen functional groups attached to an aromatic ring is 1. The number of nitrogens with two attached hydrogens (primary N) is 1. The van der Waals surface area contributed by atoms with E-state index >= 15 is 0 Å². The van der Waals surface area contributed by atoms with Gasteiger partial charge in [0.2, 0.25) is 5.95 Å². The molecule has 1 unspecified atom stereocenters. The molecule has 2 heterocycles. The number of nitrogens with zero attached hydrogens (tertiary/aromatic N) is 4. The van der Waals surface area contributed by atoms with Crippen LogP contribution >= 0.6 is 0 Å². The van der Waals surface area contributed by atoms with Gasteiger partial charge in [-0.2, -0.15) is 4.98 Å². The lowest BCUT2D eigenvalue weighted by molar-refractivity contribution is -0.126. The van der Waals surface area contributed by atoms with Crippen LogP contribution in [0, 0.1) is 5.92 Å². The molecule has 2 rings (SSSR count). The van der Waals surface area contributed by atoms with Crippen LogP contribution in [0.15, 0.2) is 11.1 Å². The van der Waals surface area contributed by atoms with Gasteiger partial charge in [-0.15, -0.1) is 0 Å². The molecule has 10 heteroatoms. The molecule has 0 bridgehead atoms. The molecule has 1 atom stereocenters. The highest BCUT2D eigenvalue weighted by Gasteiger charge is 2.21. The maximum absolute atomic E-state index is 12.1. The van der Waals surface area contributed by atoms with Crippen LogP contribution in [-0.4, -0.2) is 68.2 Å². The van der Waals surface area contributed by atoms with Crippen LogP contribution < -0.4 is 16.6 Å². The van der Waals surface area contributed by atoms with Gasteiger partial charge in [0, 0.05) is 19.0 Å². The van der Waals surface area contributed by atoms with E-state index in [9.17, 15) is 14.7 Å². The molecule has 0 aromatic carbocycles.